The van der Waals surface area contributed by atoms with Crippen LogP contribution in [0.2, 0.25) is 0 Å². The highest BCUT2D eigenvalue weighted by Crippen LogP contribution is 2.31. The average Bonchev–Trinajstić information content (AvgIpc) is 3.59. The minimum atomic E-state index is -1.44. The summed E-state index contributed by atoms with van der Waals surface area (Å²) < 4.78 is 18.2. The average molecular weight is 642 g/mol. The number of nitrogens with zero attached hydrogens (tertiary/aromatic N) is 2. The first-order valence-electron chi connectivity index (χ1n) is 15.4. The Morgan fingerprint density at radius 2 is 1.80 bits per heavy atom. The van der Waals surface area contributed by atoms with Crippen LogP contribution >= 0.6 is 9.39 Å². The number of rotatable bonds is 12. The molecule has 0 spiro atoms. The summed E-state index contributed by atoms with van der Waals surface area (Å²) in [4.78, 5) is 5.55. The SMILES string of the molecule is C=C/C(=C\C(=C/C)C(=C)/C=c1/c(-c2cc(/C(=C\C=C/C)c3cc(F)cc(CNS(=C)(=C)C)c3)c(C)[nH]2)n[nH]/c1=C/C)N(C)C.CC. The fraction of sp³-hybridized carbons (Fsp3) is 0.256. The molecule has 0 saturated carbocycles. The van der Waals surface area contributed by atoms with Crippen molar-refractivity contribution in [1.82, 2.24) is 24.8 Å². The molecular weight excluding hydrogens is 590 g/mol. The molecule has 246 valence electrons. The van der Waals surface area contributed by atoms with Crippen molar-refractivity contribution in [2.75, 3.05) is 20.4 Å². The predicted molar refractivity (Wildman–Crippen MR) is 206 cm³/mol. The molecule has 0 saturated heterocycles. The number of H-pyrrole nitrogens is 2. The summed E-state index contributed by atoms with van der Waals surface area (Å²) in [6, 6.07) is 7.22. The second-order valence-corrected chi connectivity index (χ2v) is 13.9. The normalized spacial score (nSPS) is 13.7. The summed E-state index contributed by atoms with van der Waals surface area (Å²) in [5.41, 5.74) is 8.85. The smallest absolute Gasteiger partial charge is 0.124 e. The molecule has 2 aromatic heterocycles. The van der Waals surface area contributed by atoms with Crippen LogP contribution in [0.5, 0.6) is 0 Å². The van der Waals surface area contributed by atoms with Crippen LogP contribution in [-0.4, -0.2) is 52.2 Å². The number of aromatic amines is 2. The van der Waals surface area contributed by atoms with Crippen LogP contribution in [0.1, 0.15) is 57.0 Å². The lowest BCUT2D eigenvalue weighted by Crippen LogP contribution is -2.23. The fourth-order valence-electron chi connectivity index (χ4n) is 4.75. The van der Waals surface area contributed by atoms with Crippen molar-refractivity contribution in [2.24, 2.45) is 0 Å². The molecular formula is C39H52FN5S. The van der Waals surface area contributed by atoms with Crippen LogP contribution in [0.25, 0.3) is 29.1 Å². The maximum Gasteiger partial charge on any atom is 0.124 e. The third-order valence-corrected chi connectivity index (χ3v) is 7.90. The molecule has 1 aromatic carbocycles. The van der Waals surface area contributed by atoms with Crippen molar-refractivity contribution in [3.05, 3.63) is 129 Å². The van der Waals surface area contributed by atoms with Gasteiger partial charge in [0.15, 0.2) is 0 Å². The van der Waals surface area contributed by atoms with Gasteiger partial charge in [-0.1, -0.05) is 69.1 Å². The highest BCUT2D eigenvalue weighted by Gasteiger charge is 2.16. The zero-order chi connectivity index (χ0) is 34.6. The minimum absolute atomic E-state index is 0.294. The standard InChI is InChI=1S/C37H46FN5S.C2H6/c1-12-16-17-32(29-19-27(20-30(38)21-29)24-39-44(9,10)11)33-23-36(40-26(33)6)37-34(35(15-4)41-42-37)18-25(5)28(13-2)22-31(14-3)43(7)8;1-2/h12-23,39-41H,3,5,9-10,24H2,1-2,4,6-8,11H3;1-2H3/b16-12-,28-13+,31-22+,32-17-,34-18+,35-15+;. The Hall–Kier alpha value is -4.33. The van der Waals surface area contributed by atoms with E-state index in [1.807, 2.05) is 109 Å². The summed E-state index contributed by atoms with van der Waals surface area (Å²) in [5, 5.41) is 9.68. The third kappa shape index (κ3) is 10.1. The summed E-state index contributed by atoms with van der Waals surface area (Å²) in [5.74, 6) is 7.86. The number of allylic oxidation sites excluding steroid dienone is 8. The highest BCUT2D eigenvalue weighted by molar-refractivity contribution is 8.25. The van der Waals surface area contributed by atoms with E-state index in [1.165, 1.54) is 0 Å². The molecule has 3 rings (SSSR count). The molecule has 0 bridgehead atoms. The first-order valence-corrected chi connectivity index (χ1v) is 17.8. The predicted octanol–water partition coefficient (Wildman–Crippen LogP) is 7.90. The Bertz CT molecular complexity index is 1890. The van der Waals surface area contributed by atoms with Gasteiger partial charge in [0.1, 0.15) is 11.5 Å². The van der Waals surface area contributed by atoms with Crippen LogP contribution in [0, 0.1) is 12.7 Å². The molecule has 0 aliphatic rings. The molecule has 5 nitrogen and oxygen atoms in total. The van der Waals surface area contributed by atoms with Gasteiger partial charge in [-0.2, -0.15) is 14.5 Å². The minimum Gasteiger partial charge on any atom is -0.378 e. The molecule has 0 fully saturated rings. The van der Waals surface area contributed by atoms with Gasteiger partial charge < -0.3 is 9.88 Å². The topological polar surface area (TPSA) is 59.7 Å². The summed E-state index contributed by atoms with van der Waals surface area (Å²) in [6.07, 6.45) is 17.9. The second-order valence-electron chi connectivity index (χ2n) is 11.0. The Labute approximate surface area is 276 Å². The van der Waals surface area contributed by atoms with Gasteiger partial charge in [0.25, 0.3) is 0 Å². The molecule has 3 aromatic rings. The van der Waals surface area contributed by atoms with Gasteiger partial charge in [-0.15, -0.1) is 0 Å². The van der Waals surface area contributed by atoms with E-state index < -0.39 is 9.39 Å². The third-order valence-electron chi connectivity index (χ3n) is 7.06. The Kier molecular flexibility index (Phi) is 14.3. The van der Waals surface area contributed by atoms with Crippen molar-refractivity contribution in [1.29, 1.82) is 0 Å². The molecule has 2 heterocycles. The van der Waals surface area contributed by atoms with Gasteiger partial charge in [0.05, 0.1) is 11.0 Å². The molecule has 7 heteroatoms. The van der Waals surface area contributed by atoms with E-state index in [1.54, 1.807) is 12.1 Å². The quantitative estimate of drug-likeness (QED) is 0.139. The molecule has 3 N–H and O–H groups in total. The second kappa shape index (κ2) is 17.4. The van der Waals surface area contributed by atoms with E-state index in [0.29, 0.717) is 6.54 Å². The zero-order valence-corrected chi connectivity index (χ0v) is 30.0. The maximum atomic E-state index is 14.9. The number of hydrogen-bond donors (Lipinski definition) is 3. The molecule has 46 heavy (non-hydrogen) atoms. The van der Waals surface area contributed by atoms with Gasteiger partial charge >= 0.3 is 0 Å². The maximum absolute atomic E-state index is 14.9. The highest BCUT2D eigenvalue weighted by atomic mass is 32.2. The molecule has 0 radical (unpaired) electrons. The van der Waals surface area contributed by atoms with Gasteiger partial charge in [-0.25, -0.2) is 4.39 Å². The Balaban J connectivity index is 0.00000361. The van der Waals surface area contributed by atoms with Crippen molar-refractivity contribution in [3.8, 4) is 11.4 Å². The molecule has 0 atom stereocenters. The van der Waals surface area contributed by atoms with Crippen molar-refractivity contribution < 1.29 is 4.39 Å². The Morgan fingerprint density at radius 3 is 2.37 bits per heavy atom. The summed E-state index contributed by atoms with van der Waals surface area (Å²) in [7, 11) is 2.53. The lowest BCUT2D eigenvalue weighted by molar-refractivity contribution is 0.530. The van der Waals surface area contributed by atoms with Crippen molar-refractivity contribution in [3.63, 3.8) is 0 Å². The number of hydrogen-bond acceptors (Lipinski definition) is 3. The summed E-state index contributed by atoms with van der Waals surface area (Å²) >= 11 is 0. The van der Waals surface area contributed by atoms with Crippen LogP contribution < -0.4 is 15.3 Å². The lowest BCUT2D eigenvalue weighted by Gasteiger charge is -2.14. The lowest BCUT2D eigenvalue weighted by atomic mass is 9.95. The number of nitrogens with one attached hydrogen (secondary N) is 3. The van der Waals surface area contributed by atoms with Crippen molar-refractivity contribution in [2.45, 2.75) is 48.1 Å². The first kappa shape index (κ1) is 37.9. The number of likely N-dealkylation sites (N-methyl/N-ethyl adjacent to an activating group) is 1. The van der Waals surface area contributed by atoms with Gasteiger partial charge in [-0.3, -0.25) is 9.82 Å². The number of halogens is 1. The van der Waals surface area contributed by atoms with E-state index >= 15 is 0 Å². The van der Waals surface area contributed by atoms with Gasteiger partial charge in [-0.05, 0) is 104 Å². The van der Waals surface area contributed by atoms with Crippen LogP contribution in [-0.2, 0) is 6.54 Å². The van der Waals surface area contributed by atoms with E-state index in [2.05, 4.69) is 57.9 Å². The molecule has 0 aliphatic carbocycles. The first-order chi connectivity index (χ1) is 21.8. The Morgan fingerprint density at radius 1 is 1.11 bits per heavy atom. The van der Waals surface area contributed by atoms with E-state index in [9.17, 15) is 4.39 Å². The number of aromatic nitrogens is 3. The van der Waals surface area contributed by atoms with E-state index in [4.69, 9.17) is 5.10 Å². The zero-order valence-electron chi connectivity index (χ0n) is 29.1. The molecule has 0 unspecified atom stereocenters. The van der Waals surface area contributed by atoms with Gasteiger partial charge in [0, 0.05) is 42.8 Å². The van der Waals surface area contributed by atoms with Crippen LogP contribution in [0.3, 0.4) is 0 Å². The van der Waals surface area contributed by atoms with Gasteiger partial charge in [0.2, 0.25) is 0 Å². The van der Waals surface area contributed by atoms with Crippen LogP contribution in [0.4, 0.5) is 4.39 Å². The fourth-order valence-corrected chi connectivity index (χ4v) is 5.26. The van der Waals surface area contributed by atoms with E-state index in [0.717, 1.165) is 66.8 Å². The van der Waals surface area contributed by atoms with Crippen LogP contribution in [0.15, 0.2) is 90.7 Å². The monoisotopic (exact) mass is 641 g/mol. The molecule has 0 aliphatic heterocycles. The van der Waals surface area contributed by atoms with E-state index in [-0.39, 0.29) is 5.82 Å². The number of aryl methyl sites for hydroxylation is 1. The summed E-state index contributed by atoms with van der Waals surface area (Å²) in [6.45, 7) is 20.8. The van der Waals surface area contributed by atoms with Crippen molar-refractivity contribution >= 4 is 38.9 Å². The number of benzene rings is 1. The largest absolute Gasteiger partial charge is 0.378 e. The molecule has 0 amide bonds.